The van der Waals surface area contributed by atoms with Crippen LogP contribution in [0.5, 0.6) is 0 Å². The highest BCUT2D eigenvalue weighted by Gasteiger charge is 2.42. The molecule has 1 aliphatic rings. The van der Waals surface area contributed by atoms with Gasteiger partial charge < -0.3 is 14.4 Å². The molecule has 0 N–H and O–H groups in total. The van der Waals surface area contributed by atoms with E-state index in [-0.39, 0.29) is 19.5 Å². The van der Waals surface area contributed by atoms with E-state index in [0.29, 0.717) is 37.7 Å². The van der Waals surface area contributed by atoms with Crippen molar-refractivity contribution in [2.24, 2.45) is 0 Å². The van der Waals surface area contributed by atoms with Gasteiger partial charge in [-0.3, -0.25) is 14.5 Å². The quantitative estimate of drug-likeness (QED) is 0.659. The molecule has 1 fully saturated rings. The molecule has 0 aromatic carbocycles. The van der Waals surface area contributed by atoms with Crippen molar-refractivity contribution >= 4 is 11.9 Å². The number of alkyl halides is 3. The highest BCUT2D eigenvalue weighted by Crippen LogP contribution is 2.18. The molecule has 0 aromatic heterocycles. The van der Waals surface area contributed by atoms with Gasteiger partial charge in [0, 0.05) is 32.7 Å². The lowest BCUT2D eigenvalue weighted by molar-refractivity contribution is -0.186. The monoisotopic (exact) mass is 312 g/mol. The molecule has 122 valence electrons. The second-order valence-electron chi connectivity index (χ2n) is 4.57. The van der Waals surface area contributed by atoms with E-state index in [9.17, 15) is 22.8 Å². The molecular weight excluding hydrogens is 293 g/mol. The molecule has 9 heteroatoms. The van der Waals surface area contributed by atoms with Crippen LogP contribution in [0.25, 0.3) is 0 Å². The normalized spacial score (nSPS) is 16.6. The molecule has 6 nitrogen and oxygen atoms in total. The number of hydrogen-bond donors (Lipinski definition) is 0. The Hall–Kier alpha value is -1.35. The first-order valence-corrected chi connectivity index (χ1v) is 6.57. The zero-order valence-corrected chi connectivity index (χ0v) is 11.8. The maximum atomic E-state index is 12.5. The zero-order valence-electron chi connectivity index (χ0n) is 11.8. The van der Waals surface area contributed by atoms with E-state index in [2.05, 4.69) is 4.74 Å². The van der Waals surface area contributed by atoms with Crippen LogP contribution < -0.4 is 0 Å². The van der Waals surface area contributed by atoms with Crippen LogP contribution in [0.1, 0.15) is 6.42 Å². The summed E-state index contributed by atoms with van der Waals surface area (Å²) in [6, 6.07) is 0. The van der Waals surface area contributed by atoms with Crippen LogP contribution >= 0.6 is 0 Å². The second-order valence-corrected chi connectivity index (χ2v) is 4.57. The van der Waals surface area contributed by atoms with Gasteiger partial charge >= 0.3 is 18.1 Å². The molecule has 21 heavy (non-hydrogen) atoms. The van der Waals surface area contributed by atoms with Gasteiger partial charge in [-0.25, -0.2) is 0 Å². The summed E-state index contributed by atoms with van der Waals surface area (Å²) < 4.78 is 47.1. The van der Waals surface area contributed by atoms with Crippen LogP contribution in [0.15, 0.2) is 0 Å². The van der Waals surface area contributed by atoms with E-state index >= 15 is 0 Å². The number of morpholine rings is 1. The Kier molecular flexibility index (Phi) is 6.90. The van der Waals surface area contributed by atoms with Gasteiger partial charge in [0.15, 0.2) is 0 Å². The first-order valence-electron chi connectivity index (χ1n) is 6.57. The summed E-state index contributed by atoms with van der Waals surface area (Å²) in [5, 5.41) is 0. The van der Waals surface area contributed by atoms with Gasteiger partial charge in [0.05, 0.1) is 26.7 Å². The van der Waals surface area contributed by atoms with Gasteiger partial charge in [-0.2, -0.15) is 13.2 Å². The molecular formula is C12H19F3N2O4. The molecule has 0 unspecified atom stereocenters. The Morgan fingerprint density at radius 2 is 1.86 bits per heavy atom. The summed E-state index contributed by atoms with van der Waals surface area (Å²) >= 11 is 0. The molecule has 0 aromatic rings. The Balaban J connectivity index is 2.53. The minimum absolute atomic E-state index is 0.0880. The van der Waals surface area contributed by atoms with Crippen molar-refractivity contribution in [3.05, 3.63) is 0 Å². The third kappa shape index (κ3) is 6.30. The third-order valence-corrected chi connectivity index (χ3v) is 3.13. The largest absolute Gasteiger partial charge is 0.471 e. The first-order chi connectivity index (χ1) is 9.84. The molecule has 0 spiro atoms. The van der Waals surface area contributed by atoms with Crippen LogP contribution in [-0.4, -0.2) is 80.9 Å². The average molecular weight is 312 g/mol. The number of methoxy groups -OCH3 is 1. The lowest BCUT2D eigenvalue weighted by Crippen LogP contribution is -2.47. The SMILES string of the molecule is COC(=O)CCN(CCN1CCOCC1)C(=O)C(F)(F)F. The number of halogens is 3. The number of carbonyl (C=O) groups is 2. The van der Waals surface area contributed by atoms with Crippen LogP contribution in [-0.2, 0) is 19.1 Å². The fourth-order valence-electron chi connectivity index (χ4n) is 1.91. The van der Waals surface area contributed by atoms with E-state index < -0.39 is 18.1 Å². The standard InChI is InChI=1S/C12H19F3N2O4/c1-20-10(18)2-3-17(11(19)12(13,14)15)5-4-16-6-8-21-9-7-16/h2-9H2,1H3. The number of esters is 1. The lowest BCUT2D eigenvalue weighted by Gasteiger charge is -2.30. The van der Waals surface area contributed by atoms with Crippen LogP contribution in [0.3, 0.4) is 0 Å². The van der Waals surface area contributed by atoms with E-state index in [0.717, 1.165) is 7.11 Å². The van der Waals surface area contributed by atoms with Gasteiger partial charge in [0.1, 0.15) is 0 Å². The fraction of sp³-hybridized carbons (Fsp3) is 0.833. The summed E-state index contributed by atoms with van der Waals surface area (Å²) in [7, 11) is 1.14. The van der Waals surface area contributed by atoms with Crippen molar-refractivity contribution < 1.29 is 32.2 Å². The van der Waals surface area contributed by atoms with Crippen molar-refractivity contribution in [2.45, 2.75) is 12.6 Å². The maximum absolute atomic E-state index is 12.5. The summed E-state index contributed by atoms with van der Waals surface area (Å²) in [5.41, 5.74) is 0. The number of nitrogens with zero attached hydrogens (tertiary/aromatic N) is 2. The van der Waals surface area contributed by atoms with Crippen LogP contribution in [0.4, 0.5) is 13.2 Å². The van der Waals surface area contributed by atoms with Crippen LogP contribution in [0.2, 0.25) is 0 Å². The van der Waals surface area contributed by atoms with Crippen molar-refractivity contribution in [2.75, 3.05) is 53.0 Å². The number of hydrogen-bond acceptors (Lipinski definition) is 5. The number of rotatable bonds is 6. The van der Waals surface area contributed by atoms with Gasteiger partial charge in [0.25, 0.3) is 0 Å². The predicted molar refractivity (Wildman–Crippen MR) is 66.5 cm³/mol. The van der Waals surface area contributed by atoms with Gasteiger partial charge in [-0.1, -0.05) is 0 Å². The van der Waals surface area contributed by atoms with Crippen molar-refractivity contribution in [3.63, 3.8) is 0 Å². The fourth-order valence-corrected chi connectivity index (χ4v) is 1.91. The molecule has 1 amide bonds. The van der Waals surface area contributed by atoms with Gasteiger partial charge in [-0.15, -0.1) is 0 Å². The summed E-state index contributed by atoms with van der Waals surface area (Å²) in [5.74, 6) is -2.58. The number of amides is 1. The topological polar surface area (TPSA) is 59.1 Å². The smallest absolute Gasteiger partial charge is 0.469 e. The second kappa shape index (κ2) is 8.18. The Bertz CT molecular complexity index is 357. The summed E-state index contributed by atoms with van der Waals surface area (Å²) in [6.45, 7) is 2.19. The van der Waals surface area contributed by atoms with Crippen LogP contribution in [0, 0.1) is 0 Å². The van der Waals surface area contributed by atoms with E-state index in [4.69, 9.17) is 4.74 Å². The van der Waals surface area contributed by atoms with E-state index in [1.54, 1.807) is 0 Å². The highest BCUT2D eigenvalue weighted by molar-refractivity contribution is 5.82. The molecule has 1 heterocycles. The van der Waals surface area contributed by atoms with Gasteiger partial charge in [-0.05, 0) is 0 Å². The Morgan fingerprint density at radius 1 is 1.24 bits per heavy atom. The zero-order chi connectivity index (χ0) is 15.9. The van der Waals surface area contributed by atoms with Crippen molar-refractivity contribution in [1.82, 2.24) is 9.80 Å². The van der Waals surface area contributed by atoms with E-state index in [1.807, 2.05) is 4.90 Å². The molecule has 1 aliphatic heterocycles. The molecule has 1 rings (SSSR count). The van der Waals surface area contributed by atoms with Crippen molar-refractivity contribution in [3.8, 4) is 0 Å². The maximum Gasteiger partial charge on any atom is 0.471 e. The first kappa shape index (κ1) is 17.7. The number of ether oxygens (including phenoxy) is 2. The molecule has 0 aliphatic carbocycles. The van der Waals surface area contributed by atoms with E-state index in [1.165, 1.54) is 0 Å². The minimum atomic E-state index is -4.94. The molecule has 0 bridgehead atoms. The van der Waals surface area contributed by atoms with Gasteiger partial charge in [0.2, 0.25) is 0 Å². The third-order valence-electron chi connectivity index (χ3n) is 3.13. The molecule has 0 atom stereocenters. The summed E-state index contributed by atoms with van der Waals surface area (Å²) in [6.07, 6.45) is -5.21. The Morgan fingerprint density at radius 3 is 2.38 bits per heavy atom. The average Bonchev–Trinajstić information content (AvgIpc) is 2.46. The lowest BCUT2D eigenvalue weighted by atomic mass is 10.3. The minimum Gasteiger partial charge on any atom is -0.469 e. The summed E-state index contributed by atoms with van der Waals surface area (Å²) in [4.78, 5) is 24.9. The number of carbonyl (C=O) groups excluding carboxylic acids is 2. The molecule has 0 saturated carbocycles. The molecule has 0 radical (unpaired) electrons. The highest BCUT2D eigenvalue weighted by atomic mass is 19.4. The predicted octanol–water partition coefficient (Wildman–Crippen LogP) is 0.273. The molecule has 1 saturated heterocycles. The Labute approximate surface area is 120 Å². The van der Waals surface area contributed by atoms with Crippen molar-refractivity contribution in [1.29, 1.82) is 0 Å².